The monoisotopic (exact) mass is 365 g/mol. The van der Waals surface area contributed by atoms with Crippen molar-refractivity contribution in [1.29, 1.82) is 0 Å². The quantitative estimate of drug-likeness (QED) is 0.752. The fraction of sp³-hybridized carbons (Fsp3) is 0.500. The summed E-state index contributed by atoms with van der Waals surface area (Å²) < 4.78 is 43.7. The molecule has 0 N–H and O–H groups in total. The van der Waals surface area contributed by atoms with Crippen LogP contribution in [0.1, 0.15) is 22.8 Å². The highest BCUT2D eigenvalue weighted by Gasteiger charge is 2.32. The van der Waals surface area contributed by atoms with Crippen LogP contribution >= 0.6 is 15.9 Å². The molecule has 2 rings (SSSR count). The summed E-state index contributed by atoms with van der Waals surface area (Å²) in [4.78, 5) is 13.9. The van der Waals surface area contributed by atoms with E-state index in [-0.39, 0.29) is 17.8 Å². The molecule has 1 saturated heterocycles. The zero-order valence-electron chi connectivity index (χ0n) is 11.4. The number of morpholine rings is 1. The number of rotatable bonds is 2. The zero-order chi connectivity index (χ0) is 15.6. The fourth-order valence-electron chi connectivity index (χ4n) is 2.31. The summed E-state index contributed by atoms with van der Waals surface area (Å²) in [7, 11) is 0. The van der Waals surface area contributed by atoms with E-state index in [0.717, 1.165) is 12.1 Å². The predicted octanol–water partition coefficient (Wildman–Crippen LogP) is 3.33. The Labute approximate surface area is 129 Å². The fourth-order valence-corrected chi connectivity index (χ4v) is 2.66. The van der Waals surface area contributed by atoms with Gasteiger partial charge in [0.25, 0.3) is 5.91 Å². The molecule has 1 heterocycles. The molecule has 3 nitrogen and oxygen atoms in total. The van der Waals surface area contributed by atoms with Gasteiger partial charge in [-0.25, -0.2) is 0 Å². The number of halogens is 4. The smallest absolute Gasteiger partial charge is 0.371 e. The average Bonchev–Trinajstić information content (AvgIpc) is 2.45. The third-order valence-corrected chi connectivity index (χ3v) is 3.94. The molecule has 0 bridgehead atoms. The Balaban J connectivity index is 2.20. The van der Waals surface area contributed by atoms with Crippen LogP contribution in [-0.2, 0) is 10.9 Å². The molecule has 21 heavy (non-hydrogen) atoms. The average molecular weight is 366 g/mol. The van der Waals surface area contributed by atoms with Gasteiger partial charge in [0.05, 0.1) is 17.8 Å². The van der Waals surface area contributed by atoms with E-state index in [1.165, 1.54) is 17.0 Å². The zero-order valence-corrected chi connectivity index (χ0v) is 12.9. The minimum Gasteiger partial charge on any atom is -0.371 e. The molecule has 1 aromatic carbocycles. The van der Waals surface area contributed by atoms with Crippen molar-refractivity contribution in [3.05, 3.63) is 35.4 Å². The van der Waals surface area contributed by atoms with Crippen molar-refractivity contribution >= 4 is 21.8 Å². The van der Waals surface area contributed by atoms with E-state index in [4.69, 9.17) is 4.74 Å². The van der Waals surface area contributed by atoms with Gasteiger partial charge in [-0.05, 0) is 25.1 Å². The summed E-state index contributed by atoms with van der Waals surface area (Å²) in [6.45, 7) is 2.57. The summed E-state index contributed by atoms with van der Waals surface area (Å²) in [5.41, 5.74) is -0.765. The molecular formula is C14H15BrF3NO2. The number of nitrogens with zero attached hydrogens (tertiary/aromatic N) is 1. The van der Waals surface area contributed by atoms with E-state index >= 15 is 0 Å². The number of hydrogen-bond donors (Lipinski definition) is 0. The third kappa shape index (κ3) is 3.97. The Hall–Kier alpha value is -1.08. The van der Waals surface area contributed by atoms with Gasteiger partial charge in [-0.15, -0.1) is 0 Å². The first-order valence-corrected chi connectivity index (χ1v) is 7.61. The Morgan fingerprint density at radius 1 is 1.43 bits per heavy atom. The predicted molar refractivity (Wildman–Crippen MR) is 75.5 cm³/mol. The molecule has 1 aliphatic heterocycles. The van der Waals surface area contributed by atoms with Crippen LogP contribution < -0.4 is 0 Å². The molecule has 0 aromatic heterocycles. The van der Waals surface area contributed by atoms with Crippen molar-refractivity contribution in [3.8, 4) is 0 Å². The molecule has 2 unspecified atom stereocenters. The lowest BCUT2D eigenvalue weighted by atomic mass is 10.1. The Morgan fingerprint density at radius 3 is 2.76 bits per heavy atom. The molecule has 1 aromatic rings. The maximum atomic E-state index is 12.7. The summed E-state index contributed by atoms with van der Waals surface area (Å²) in [6.07, 6.45) is -4.74. The molecule has 0 saturated carbocycles. The van der Waals surface area contributed by atoms with Crippen molar-refractivity contribution in [2.45, 2.75) is 25.3 Å². The van der Waals surface area contributed by atoms with Crippen molar-refractivity contribution < 1.29 is 22.7 Å². The van der Waals surface area contributed by atoms with Crippen LogP contribution in [0.15, 0.2) is 24.3 Å². The van der Waals surface area contributed by atoms with E-state index in [9.17, 15) is 18.0 Å². The van der Waals surface area contributed by atoms with Gasteiger partial charge in [-0.3, -0.25) is 4.79 Å². The maximum absolute atomic E-state index is 12.7. The van der Waals surface area contributed by atoms with Crippen LogP contribution in [0.25, 0.3) is 0 Å². The minimum atomic E-state index is -4.45. The maximum Gasteiger partial charge on any atom is 0.416 e. The molecule has 1 aliphatic rings. The minimum absolute atomic E-state index is 0.0484. The highest BCUT2D eigenvalue weighted by atomic mass is 79.9. The first-order valence-electron chi connectivity index (χ1n) is 6.49. The van der Waals surface area contributed by atoms with Crippen LogP contribution in [0, 0.1) is 0 Å². The first-order chi connectivity index (χ1) is 9.81. The molecular weight excluding hydrogens is 351 g/mol. The highest BCUT2D eigenvalue weighted by Crippen LogP contribution is 2.30. The highest BCUT2D eigenvalue weighted by molar-refractivity contribution is 9.09. The molecule has 1 amide bonds. The lowest BCUT2D eigenvalue weighted by Crippen LogP contribution is -2.49. The second-order valence-corrected chi connectivity index (χ2v) is 5.66. The van der Waals surface area contributed by atoms with Gasteiger partial charge in [0.1, 0.15) is 0 Å². The van der Waals surface area contributed by atoms with Gasteiger partial charge >= 0.3 is 6.18 Å². The molecule has 7 heteroatoms. The Kier molecular flexibility index (Phi) is 4.93. The summed E-state index contributed by atoms with van der Waals surface area (Å²) in [5.74, 6) is -0.401. The van der Waals surface area contributed by atoms with Crippen molar-refractivity contribution in [2.24, 2.45) is 0 Å². The molecule has 2 atom stereocenters. The van der Waals surface area contributed by atoms with E-state index in [1.807, 2.05) is 6.92 Å². The van der Waals surface area contributed by atoms with Gasteiger partial charge in [-0.2, -0.15) is 13.2 Å². The SMILES string of the molecule is CC1CN(C(=O)c2cccc(C(F)(F)F)c2)CC(CBr)O1. The van der Waals surface area contributed by atoms with E-state index in [2.05, 4.69) is 15.9 Å². The number of ether oxygens (including phenoxy) is 1. The van der Waals surface area contributed by atoms with Crippen LogP contribution in [-0.4, -0.2) is 41.4 Å². The summed E-state index contributed by atoms with van der Waals surface area (Å²) >= 11 is 3.30. The number of carbonyl (C=O) groups is 1. The van der Waals surface area contributed by atoms with Crippen molar-refractivity contribution in [2.75, 3.05) is 18.4 Å². The molecule has 0 radical (unpaired) electrons. The van der Waals surface area contributed by atoms with Crippen LogP contribution in [0.4, 0.5) is 13.2 Å². The van der Waals surface area contributed by atoms with Crippen molar-refractivity contribution in [1.82, 2.24) is 4.90 Å². The van der Waals surface area contributed by atoms with Gasteiger partial charge in [0.15, 0.2) is 0 Å². The third-order valence-electron chi connectivity index (χ3n) is 3.22. The first kappa shape index (κ1) is 16.3. The number of alkyl halides is 4. The van der Waals surface area contributed by atoms with E-state index < -0.39 is 17.6 Å². The number of benzene rings is 1. The normalized spacial score (nSPS) is 23.2. The molecule has 0 spiro atoms. The second-order valence-electron chi connectivity index (χ2n) is 5.01. The largest absolute Gasteiger partial charge is 0.416 e. The Bertz CT molecular complexity index is 521. The summed E-state index contributed by atoms with van der Waals surface area (Å²) in [5, 5.41) is 0.573. The topological polar surface area (TPSA) is 29.5 Å². The lowest BCUT2D eigenvalue weighted by Gasteiger charge is -2.36. The van der Waals surface area contributed by atoms with Gasteiger partial charge in [0, 0.05) is 24.0 Å². The molecule has 1 fully saturated rings. The lowest BCUT2D eigenvalue weighted by molar-refractivity contribution is -0.137. The number of hydrogen-bond acceptors (Lipinski definition) is 2. The van der Waals surface area contributed by atoms with Gasteiger partial charge in [-0.1, -0.05) is 22.0 Å². The second kappa shape index (κ2) is 6.36. The molecule has 116 valence electrons. The number of carbonyl (C=O) groups excluding carboxylic acids is 1. The van der Waals surface area contributed by atoms with Crippen molar-refractivity contribution in [3.63, 3.8) is 0 Å². The van der Waals surface area contributed by atoms with Gasteiger partial charge < -0.3 is 9.64 Å². The summed E-state index contributed by atoms with van der Waals surface area (Å²) in [6, 6.07) is 4.51. The van der Waals surface area contributed by atoms with Crippen LogP contribution in [0.5, 0.6) is 0 Å². The molecule has 0 aliphatic carbocycles. The van der Waals surface area contributed by atoms with Crippen LogP contribution in [0.2, 0.25) is 0 Å². The van der Waals surface area contributed by atoms with E-state index in [1.54, 1.807) is 0 Å². The van der Waals surface area contributed by atoms with Gasteiger partial charge in [0.2, 0.25) is 0 Å². The van der Waals surface area contributed by atoms with Crippen LogP contribution in [0.3, 0.4) is 0 Å². The standard InChI is InChI=1S/C14H15BrF3NO2/c1-9-7-19(8-12(6-15)21-9)13(20)10-3-2-4-11(5-10)14(16,17)18/h2-5,9,12H,6-8H2,1H3. The Morgan fingerprint density at radius 2 is 2.14 bits per heavy atom. The van der Waals surface area contributed by atoms with E-state index in [0.29, 0.717) is 18.4 Å². The number of amides is 1.